The molecule has 2 aliphatic heterocycles. The van der Waals surface area contributed by atoms with Crippen molar-refractivity contribution < 1.29 is 9.53 Å². The third kappa shape index (κ3) is 2.93. The van der Waals surface area contributed by atoms with E-state index < -0.39 is 0 Å². The first-order valence-electron chi connectivity index (χ1n) is 6.07. The number of hydrogen-bond acceptors (Lipinski definition) is 4. The summed E-state index contributed by atoms with van der Waals surface area (Å²) < 4.78 is 5.49. The second-order valence-electron chi connectivity index (χ2n) is 4.55. The second-order valence-corrected chi connectivity index (χ2v) is 4.55. The van der Waals surface area contributed by atoms with E-state index in [4.69, 9.17) is 4.74 Å². The van der Waals surface area contributed by atoms with Crippen LogP contribution in [-0.4, -0.2) is 74.7 Å². The molecule has 2 rings (SSSR count). The molecule has 0 aromatic heterocycles. The summed E-state index contributed by atoms with van der Waals surface area (Å²) in [5.74, 6) is 0.155. The van der Waals surface area contributed by atoms with Gasteiger partial charge in [-0.1, -0.05) is 0 Å². The summed E-state index contributed by atoms with van der Waals surface area (Å²) in [4.78, 5) is 16.4. The molecular formula is C11H21N3O2. The van der Waals surface area contributed by atoms with Crippen LogP contribution >= 0.6 is 0 Å². The molecule has 5 nitrogen and oxygen atoms in total. The molecule has 2 saturated heterocycles. The molecule has 5 heteroatoms. The van der Waals surface area contributed by atoms with Gasteiger partial charge in [0.15, 0.2) is 0 Å². The summed E-state index contributed by atoms with van der Waals surface area (Å²) >= 11 is 0. The van der Waals surface area contributed by atoms with Gasteiger partial charge in [-0.3, -0.25) is 4.79 Å². The number of likely N-dealkylation sites (N-methyl/N-ethyl adjacent to an activating group) is 1. The van der Waals surface area contributed by atoms with E-state index in [1.165, 1.54) is 0 Å². The Morgan fingerprint density at radius 1 is 1.31 bits per heavy atom. The van der Waals surface area contributed by atoms with Crippen LogP contribution in [-0.2, 0) is 9.53 Å². The number of hydrogen-bond donors (Lipinski definition) is 1. The fraction of sp³-hybridized carbons (Fsp3) is 0.909. The Balaban J connectivity index is 1.87. The third-order valence-corrected chi connectivity index (χ3v) is 3.23. The predicted octanol–water partition coefficient (Wildman–Crippen LogP) is -0.861. The van der Waals surface area contributed by atoms with Gasteiger partial charge in [-0.2, -0.15) is 0 Å². The molecule has 1 amide bonds. The normalized spacial score (nSPS) is 28.8. The van der Waals surface area contributed by atoms with Crippen molar-refractivity contribution in [3.05, 3.63) is 0 Å². The molecule has 0 aliphatic carbocycles. The maximum Gasteiger partial charge on any atom is 0.253 e. The molecule has 1 atom stereocenters. The van der Waals surface area contributed by atoms with Crippen molar-refractivity contribution in [1.82, 2.24) is 15.1 Å². The molecule has 0 saturated carbocycles. The maximum absolute atomic E-state index is 12.2. The van der Waals surface area contributed by atoms with E-state index in [1.807, 2.05) is 4.90 Å². The fourth-order valence-electron chi connectivity index (χ4n) is 2.19. The van der Waals surface area contributed by atoms with E-state index in [0.29, 0.717) is 13.2 Å². The van der Waals surface area contributed by atoms with Gasteiger partial charge in [-0.05, 0) is 20.0 Å². The Bertz CT molecular complexity index is 241. The molecule has 0 aromatic carbocycles. The van der Waals surface area contributed by atoms with Gasteiger partial charge in [-0.15, -0.1) is 0 Å². The van der Waals surface area contributed by atoms with Crippen LogP contribution in [0.15, 0.2) is 0 Å². The Morgan fingerprint density at radius 2 is 2.19 bits per heavy atom. The highest BCUT2D eigenvalue weighted by Gasteiger charge is 2.27. The lowest BCUT2D eigenvalue weighted by Gasteiger charge is -2.28. The number of amides is 1. The minimum atomic E-state index is -0.267. The van der Waals surface area contributed by atoms with Crippen LogP contribution < -0.4 is 5.32 Å². The van der Waals surface area contributed by atoms with Crippen molar-refractivity contribution >= 4 is 5.91 Å². The van der Waals surface area contributed by atoms with Crippen LogP contribution in [0.2, 0.25) is 0 Å². The van der Waals surface area contributed by atoms with Crippen molar-refractivity contribution in [2.45, 2.75) is 12.5 Å². The first kappa shape index (κ1) is 11.8. The van der Waals surface area contributed by atoms with Crippen LogP contribution in [0.3, 0.4) is 0 Å². The van der Waals surface area contributed by atoms with E-state index in [2.05, 4.69) is 17.3 Å². The van der Waals surface area contributed by atoms with E-state index in [-0.39, 0.29) is 12.0 Å². The van der Waals surface area contributed by atoms with Crippen LogP contribution in [0.5, 0.6) is 0 Å². The zero-order valence-corrected chi connectivity index (χ0v) is 9.95. The van der Waals surface area contributed by atoms with Crippen LogP contribution in [0, 0.1) is 0 Å². The van der Waals surface area contributed by atoms with Crippen LogP contribution in [0.25, 0.3) is 0 Å². The summed E-state index contributed by atoms with van der Waals surface area (Å²) in [7, 11) is 2.10. The molecule has 16 heavy (non-hydrogen) atoms. The Morgan fingerprint density at radius 3 is 2.94 bits per heavy atom. The zero-order valence-electron chi connectivity index (χ0n) is 9.95. The molecule has 0 bridgehead atoms. The molecule has 1 N–H and O–H groups in total. The van der Waals surface area contributed by atoms with Gasteiger partial charge in [0.1, 0.15) is 6.10 Å². The first-order valence-corrected chi connectivity index (χ1v) is 6.07. The largest absolute Gasteiger partial charge is 0.366 e. The summed E-state index contributed by atoms with van der Waals surface area (Å²) in [6.07, 6.45) is 0.791. The van der Waals surface area contributed by atoms with Crippen molar-refractivity contribution in [3.63, 3.8) is 0 Å². The van der Waals surface area contributed by atoms with Gasteiger partial charge in [-0.25, -0.2) is 0 Å². The van der Waals surface area contributed by atoms with Gasteiger partial charge in [0.2, 0.25) is 0 Å². The van der Waals surface area contributed by atoms with Gasteiger partial charge >= 0.3 is 0 Å². The summed E-state index contributed by atoms with van der Waals surface area (Å²) in [5, 5.41) is 3.20. The lowest BCUT2D eigenvalue weighted by molar-refractivity contribution is -0.145. The number of nitrogens with zero attached hydrogens (tertiary/aromatic N) is 2. The molecule has 0 aromatic rings. The highest BCUT2D eigenvalue weighted by molar-refractivity contribution is 5.81. The van der Waals surface area contributed by atoms with Crippen LogP contribution in [0.1, 0.15) is 6.42 Å². The minimum absolute atomic E-state index is 0.155. The van der Waals surface area contributed by atoms with Gasteiger partial charge in [0.05, 0.1) is 6.61 Å². The number of ether oxygens (including phenoxy) is 1. The molecule has 92 valence electrons. The summed E-state index contributed by atoms with van der Waals surface area (Å²) in [5.41, 5.74) is 0. The lowest BCUT2D eigenvalue weighted by Crippen LogP contribution is -2.50. The number of carbonyl (C=O) groups is 1. The second kappa shape index (κ2) is 5.61. The molecule has 0 radical (unpaired) electrons. The molecule has 2 aliphatic rings. The third-order valence-electron chi connectivity index (χ3n) is 3.23. The number of morpholine rings is 1. The fourth-order valence-corrected chi connectivity index (χ4v) is 2.19. The van der Waals surface area contributed by atoms with E-state index in [9.17, 15) is 4.79 Å². The Labute approximate surface area is 96.7 Å². The monoisotopic (exact) mass is 227 g/mol. The van der Waals surface area contributed by atoms with Gasteiger partial charge < -0.3 is 19.9 Å². The topological polar surface area (TPSA) is 44.8 Å². The molecule has 2 heterocycles. The maximum atomic E-state index is 12.2. The number of rotatable bonds is 1. The van der Waals surface area contributed by atoms with Crippen molar-refractivity contribution in [1.29, 1.82) is 0 Å². The first-order chi connectivity index (χ1) is 7.77. The average Bonchev–Trinajstić information content (AvgIpc) is 2.54. The predicted molar refractivity (Wildman–Crippen MR) is 61.3 cm³/mol. The lowest BCUT2D eigenvalue weighted by atomic mass is 10.2. The van der Waals surface area contributed by atoms with E-state index in [1.54, 1.807) is 0 Å². The summed E-state index contributed by atoms with van der Waals surface area (Å²) in [6, 6.07) is 0. The molecule has 2 fully saturated rings. The Hall–Kier alpha value is -0.650. The van der Waals surface area contributed by atoms with Gasteiger partial charge in [0.25, 0.3) is 5.91 Å². The van der Waals surface area contributed by atoms with Crippen molar-refractivity contribution in [2.75, 3.05) is 52.9 Å². The quantitative estimate of drug-likeness (QED) is 0.633. The highest BCUT2D eigenvalue weighted by Crippen LogP contribution is 2.06. The Kier molecular flexibility index (Phi) is 4.15. The molecule has 1 unspecified atom stereocenters. The van der Waals surface area contributed by atoms with E-state index >= 15 is 0 Å². The SMILES string of the molecule is CN1CCCN(C(=O)C2CNCCO2)CC1. The van der Waals surface area contributed by atoms with Crippen LogP contribution in [0.4, 0.5) is 0 Å². The average molecular weight is 227 g/mol. The summed E-state index contributed by atoms with van der Waals surface area (Å²) in [6.45, 7) is 5.89. The minimum Gasteiger partial charge on any atom is -0.366 e. The zero-order chi connectivity index (χ0) is 11.4. The van der Waals surface area contributed by atoms with Crippen molar-refractivity contribution in [2.24, 2.45) is 0 Å². The van der Waals surface area contributed by atoms with Gasteiger partial charge in [0, 0.05) is 32.7 Å². The molecule has 0 spiro atoms. The van der Waals surface area contributed by atoms with Crippen molar-refractivity contribution in [3.8, 4) is 0 Å². The number of nitrogens with one attached hydrogen (secondary N) is 1. The number of carbonyl (C=O) groups excluding carboxylic acids is 1. The highest BCUT2D eigenvalue weighted by atomic mass is 16.5. The molecular weight excluding hydrogens is 206 g/mol. The standard InChI is InChI=1S/C11H21N3O2/c1-13-4-2-5-14(7-6-13)11(15)10-9-12-3-8-16-10/h10,12H,2-9H2,1H3. The van der Waals surface area contributed by atoms with E-state index in [0.717, 1.165) is 39.1 Å². The smallest absolute Gasteiger partial charge is 0.253 e.